The van der Waals surface area contributed by atoms with Gasteiger partial charge in [0.1, 0.15) is 4.88 Å². The molecule has 1 aliphatic heterocycles. The summed E-state index contributed by atoms with van der Waals surface area (Å²) < 4.78 is 4.97. The first-order valence-corrected chi connectivity index (χ1v) is 6.21. The standard InChI is InChI=1S/C10H15N3O3S/c1-16-6-7-8(9(14)15)17-10(12-7)13-4-2-11-3-5-13/h11H,2-6H2,1H3,(H,14,15). The van der Waals surface area contributed by atoms with E-state index in [0.29, 0.717) is 5.69 Å². The fourth-order valence-corrected chi connectivity index (χ4v) is 2.69. The molecular weight excluding hydrogens is 242 g/mol. The summed E-state index contributed by atoms with van der Waals surface area (Å²) in [7, 11) is 1.54. The Morgan fingerprint density at radius 1 is 1.59 bits per heavy atom. The number of carboxylic acids is 1. The lowest BCUT2D eigenvalue weighted by Gasteiger charge is -2.26. The van der Waals surface area contributed by atoms with Crippen LogP contribution in [0.2, 0.25) is 0 Å². The fraction of sp³-hybridized carbons (Fsp3) is 0.600. The van der Waals surface area contributed by atoms with E-state index in [9.17, 15) is 4.79 Å². The molecule has 0 aliphatic carbocycles. The molecule has 1 fully saturated rings. The summed E-state index contributed by atoms with van der Waals surface area (Å²) in [5, 5.41) is 13.1. The number of piperazine rings is 1. The third-order valence-electron chi connectivity index (χ3n) is 2.55. The molecule has 2 N–H and O–H groups in total. The topological polar surface area (TPSA) is 74.7 Å². The minimum absolute atomic E-state index is 0.240. The van der Waals surface area contributed by atoms with E-state index in [2.05, 4.69) is 15.2 Å². The Bertz CT molecular complexity index is 402. The maximum absolute atomic E-state index is 11.1. The molecule has 0 unspecified atom stereocenters. The second-order valence-electron chi connectivity index (χ2n) is 3.75. The molecule has 1 aromatic heterocycles. The van der Waals surface area contributed by atoms with Gasteiger partial charge in [-0.2, -0.15) is 0 Å². The van der Waals surface area contributed by atoms with E-state index < -0.39 is 5.97 Å². The maximum Gasteiger partial charge on any atom is 0.347 e. The van der Waals surface area contributed by atoms with Gasteiger partial charge in [-0.25, -0.2) is 9.78 Å². The van der Waals surface area contributed by atoms with Gasteiger partial charge in [0.05, 0.1) is 12.3 Å². The first-order chi connectivity index (χ1) is 8.22. The highest BCUT2D eigenvalue weighted by Gasteiger charge is 2.21. The average molecular weight is 257 g/mol. The largest absolute Gasteiger partial charge is 0.477 e. The molecule has 0 amide bonds. The third kappa shape index (κ3) is 2.74. The first-order valence-electron chi connectivity index (χ1n) is 5.40. The summed E-state index contributed by atoms with van der Waals surface area (Å²) in [4.78, 5) is 17.8. The quantitative estimate of drug-likeness (QED) is 0.813. The number of hydrogen-bond donors (Lipinski definition) is 2. The van der Waals surface area contributed by atoms with Crippen LogP contribution in [-0.4, -0.2) is 49.3 Å². The maximum atomic E-state index is 11.1. The van der Waals surface area contributed by atoms with Crippen LogP contribution in [0.25, 0.3) is 0 Å². The molecule has 7 heteroatoms. The predicted molar refractivity (Wildman–Crippen MR) is 64.9 cm³/mol. The average Bonchev–Trinajstić information content (AvgIpc) is 2.75. The molecule has 2 heterocycles. The first kappa shape index (κ1) is 12.3. The molecule has 0 saturated carbocycles. The van der Waals surface area contributed by atoms with Gasteiger partial charge in [-0.05, 0) is 0 Å². The zero-order valence-corrected chi connectivity index (χ0v) is 10.4. The number of rotatable bonds is 4. The molecule has 0 atom stereocenters. The van der Waals surface area contributed by atoms with Crippen molar-refractivity contribution in [2.45, 2.75) is 6.61 Å². The van der Waals surface area contributed by atoms with E-state index in [0.717, 1.165) is 31.3 Å². The Labute approximate surface area is 103 Å². The van der Waals surface area contributed by atoms with E-state index in [4.69, 9.17) is 9.84 Å². The summed E-state index contributed by atoms with van der Waals surface area (Å²) >= 11 is 1.22. The monoisotopic (exact) mass is 257 g/mol. The van der Waals surface area contributed by atoms with Crippen LogP contribution >= 0.6 is 11.3 Å². The normalized spacial score (nSPS) is 16.2. The summed E-state index contributed by atoms with van der Waals surface area (Å²) in [6.07, 6.45) is 0. The lowest BCUT2D eigenvalue weighted by atomic mass is 10.4. The molecule has 6 nitrogen and oxygen atoms in total. The molecular formula is C10H15N3O3S. The fourth-order valence-electron chi connectivity index (χ4n) is 1.73. The minimum atomic E-state index is -0.934. The van der Waals surface area contributed by atoms with Gasteiger partial charge >= 0.3 is 5.97 Å². The Kier molecular flexibility index (Phi) is 3.93. The smallest absolute Gasteiger partial charge is 0.347 e. The molecule has 2 rings (SSSR count). The van der Waals surface area contributed by atoms with Crippen molar-refractivity contribution < 1.29 is 14.6 Å². The van der Waals surface area contributed by atoms with Crippen molar-refractivity contribution in [3.63, 3.8) is 0 Å². The molecule has 0 bridgehead atoms. The molecule has 0 aromatic carbocycles. The van der Waals surface area contributed by atoms with Crippen molar-refractivity contribution in [3.8, 4) is 0 Å². The van der Waals surface area contributed by atoms with Crippen molar-refractivity contribution >= 4 is 22.4 Å². The Morgan fingerprint density at radius 2 is 2.29 bits per heavy atom. The summed E-state index contributed by atoms with van der Waals surface area (Å²) in [5.41, 5.74) is 0.513. The van der Waals surface area contributed by atoms with Crippen LogP contribution in [-0.2, 0) is 11.3 Å². The van der Waals surface area contributed by atoms with E-state index in [1.54, 1.807) is 0 Å². The summed E-state index contributed by atoms with van der Waals surface area (Å²) in [6.45, 7) is 3.77. The number of carboxylic acid groups (broad SMARTS) is 1. The number of aromatic carboxylic acids is 1. The number of carbonyl (C=O) groups is 1. The number of anilines is 1. The number of methoxy groups -OCH3 is 1. The van der Waals surface area contributed by atoms with Crippen molar-refractivity contribution in [2.24, 2.45) is 0 Å². The number of nitrogens with one attached hydrogen (secondary N) is 1. The van der Waals surface area contributed by atoms with Gasteiger partial charge in [0, 0.05) is 33.3 Å². The molecule has 94 valence electrons. The highest BCUT2D eigenvalue weighted by atomic mass is 32.1. The number of thiazole rings is 1. The Balaban J connectivity index is 2.22. The zero-order chi connectivity index (χ0) is 12.3. The minimum Gasteiger partial charge on any atom is -0.477 e. The number of nitrogens with zero attached hydrogens (tertiary/aromatic N) is 2. The van der Waals surface area contributed by atoms with Crippen LogP contribution in [0.5, 0.6) is 0 Å². The SMILES string of the molecule is COCc1nc(N2CCNCC2)sc1C(=O)O. The second-order valence-corrected chi connectivity index (χ2v) is 4.72. The third-order valence-corrected chi connectivity index (χ3v) is 3.70. The van der Waals surface area contributed by atoms with Crippen molar-refractivity contribution in [1.29, 1.82) is 0 Å². The van der Waals surface area contributed by atoms with Crippen LogP contribution in [0, 0.1) is 0 Å². The van der Waals surface area contributed by atoms with Crippen LogP contribution in [0.3, 0.4) is 0 Å². The van der Waals surface area contributed by atoms with Gasteiger partial charge < -0.3 is 20.1 Å². The predicted octanol–water partition coefficient (Wildman–Crippen LogP) is 0.397. The van der Waals surface area contributed by atoms with Crippen molar-refractivity contribution in [3.05, 3.63) is 10.6 Å². The van der Waals surface area contributed by atoms with Crippen molar-refractivity contribution in [1.82, 2.24) is 10.3 Å². The zero-order valence-electron chi connectivity index (χ0n) is 9.60. The lowest BCUT2D eigenvalue weighted by Crippen LogP contribution is -2.43. The highest BCUT2D eigenvalue weighted by Crippen LogP contribution is 2.27. The van der Waals surface area contributed by atoms with Crippen LogP contribution < -0.4 is 10.2 Å². The van der Waals surface area contributed by atoms with Gasteiger partial charge in [-0.1, -0.05) is 11.3 Å². The molecule has 1 aromatic rings. The molecule has 0 radical (unpaired) electrons. The number of hydrogen-bond acceptors (Lipinski definition) is 6. The van der Waals surface area contributed by atoms with Crippen LogP contribution in [0.4, 0.5) is 5.13 Å². The molecule has 1 aliphatic rings. The number of ether oxygens (including phenoxy) is 1. The van der Waals surface area contributed by atoms with Gasteiger partial charge in [0.25, 0.3) is 0 Å². The Hall–Kier alpha value is -1.18. The molecule has 1 saturated heterocycles. The molecule has 17 heavy (non-hydrogen) atoms. The van der Waals surface area contributed by atoms with E-state index >= 15 is 0 Å². The van der Waals surface area contributed by atoms with Gasteiger partial charge in [0.15, 0.2) is 5.13 Å². The van der Waals surface area contributed by atoms with E-state index in [1.165, 1.54) is 18.4 Å². The van der Waals surface area contributed by atoms with Crippen LogP contribution in [0.15, 0.2) is 0 Å². The molecule has 0 spiro atoms. The van der Waals surface area contributed by atoms with E-state index in [1.807, 2.05) is 0 Å². The Morgan fingerprint density at radius 3 is 2.88 bits per heavy atom. The lowest BCUT2D eigenvalue weighted by molar-refractivity contribution is 0.0697. The summed E-state index contributed by atoms with van der Waals surface area (Å²) in [5.74, 6) is -0.934. The van der Waals surface area contributed by atoms with Gasteiger partial charge in [-0.3, -0.25) is 0 Å². The van der Waals surface area contributed by atoms with Gasteiger partial charge in [-0.15, -0.1) is 0 Å². The summed E-state index contributed by atoms with van der Waals surface area (Å²) in [6, 6.07) is 0. The number of aromatic nitrogens is 1. The van der Waals surface area contributed by atoms with Gasteiger partial charge in [0.2, 0.25) is 0 Å². The van der Waals surface area contributed by atoms with E-state index in [-0.39, 0.29) is 11.5 Å². The highest BCUT2D eigenvalue weighted by molar-refractivity contribution is 7.17. The van der Waals surface area contributed by atoms with Crippen molar-refractivity contribution in [2.75, 3.05) is 38.2 Å². The van der Waals surface area contributed by atoms with Crippen LogP contribution in [0.1, 0.15) is 15.4 Å². The second kappa shape index (κ2) is 5.44.